The molecule has 3 aromatic rings. The standard InChI is InChI=1S/C29H32N4O6S/c1-29(2,3)39-28(36)33-19-7-6-17(13-19)25(33)27(35)31-18(15-30)11-16-5-9-21-22-14-20(40(4,37)38)8-10-24(22)32-26(34)23(21)12-16/h5,8-10,12,14,17-19,25H,6-7,11,13H2,1-4H3,(H,31,35)(H,32,34)/t17-,18?,19+,25-/m0/s1. The van der Waals surface area contributed by atoms with E-state index < -0.39 is 33.6 Å². The fraction of sp³-hybridized carbons (Fsp3) is 0.448. The third-order valence-electron chi connectivity index (χ3n) is 7.66. The molecule has 1 saturated heterocycles. The second-order valence-electron chi connectivity index (χ2n) is 11.8. The summed E-state index contributed by atoms with van der Waals surface area (Å²) in [5.41, 5.74) is 0.130. The van der Waals surface area contributed by atoms with Crippen LogP contribution in [0.3, 0.4) is 0 Å². The van der Waals surface area contributed by atoms with E-state index >= 15 is 0 Å². The van der Waals surface area contributed by atoms with Crippen LogP contribution in [0.15, 0.2) is 46.1 Å². The molecule has 10 nitrogen and oxygen atoms in total. The second-order valence-corrected chi connectivity index (χ2v) is 13.8. The van der Waals surface area contributed by atoms with Crippen molar-refractivity contribution in [2.45, 2.75) is 75.1 Å². The number of hydrogen-bond donors (Lipinski definition) is 2. The van der Waals surface area contributed by atoms with E-state index in [1.165, 1.54) is 17.0 Å². The number of fused-ring (bicyclic) bond motifs is 5. The first-order valence-corrected chi connectivity index (χ1v) is 15.1. The molecule has 1 unspecified atom stereocenters. The minimum atomic E-state index is -3.44. The van der Waals surface area contributed by atoms with Crippen LogP contribution in [0.2, 0.25) is 0 Å². The van der Waals surface area contributed by atoms with Crippen LogP contribution in [-0.4, -0.2) is 60.3 Å². The van der Waals surface area contributed by atoms with Crippen LogP contribution in [0.5, 0.6) is 0 Å². The number of hydrogen-bond acceptors (Lipinski definition) is 7. The molecule has 210 valence electrons. The van der Waals surface area contributed by atoms with Crippen LogP contribution in [0.25, 0.3) is 21.7 Å². The number of likely N-dealkylation sites (tertiary alicyclic amines) is 1. The third kappa shape index (κ3) is 5.28. The van der Waals surface area contributed by atoms with Gasteiger partial charge in [0, 0.05) is 35.0 Å². The van der Waals surface area contributed by atoms with Gasteiger partial charge in [0.15, 0.2) is 9.84 Å². The smallest absolute Gasteiger partial charge is 0.411 e. The van der Waals surface area contributed by atoms with Crippen LogP contribution in [0.1, 0.15) is 45.6 Å². The number of amides is 2. The van der Waals surface area contributed by atoms with Crippen molar-refractivity contribution in [3.05, 3.63) is 52.3 Å². The van der Waals surface area contributed by atoms with Crippen molar-refractivity contribution in [2.75, 3.05) is 6.26 Å². The van der Waals surface area contributed by atoms with Gasteiger partial charge >= 0.3 is 6.09 Å². The number of nitrogens with zero attached hydrogens (tertiary/aromatic N) is 2. The first kappa shape index (κ1) is 27.6. The zero-order valence-electron chi connectivity index (χ0n) is 22.9. The number of piperidine rings is 1. The number of aromatic nitrogens is 1. The maximum Gasteiger partial charge on any atom is 0.411 e. The van der Waals surface area contributed by atoms with Gasteiger partial charge in [-0.05, 0) is 81.2 Å². The molecule has 2 amide bonds. The minimum absolute atomic E-state index is 0.0150. The SMILES string of the molecule is CC(C)(C)OC(=O)N1[C@@H]2CC[C@@H](C2)[C@H]1C(=O)NC(C#N)Cc1ccc2c(c1)c(=O)[nH]c1ccc(S(C)(=O)=O)cc12. The lowest BCUT2D eigenvalue weighted by Gasteiger charge is -2.35. The van der Waals surface area contributed by atoms with Gasteiger partial charge in [-0.15, -0.1) is 0 Å². The van der Waals surface area contributed by atoms with Gasteiger partial charge in [0.05, 0.1) is 11.0 Å². The van der Waals surface area contributed by atoms with E-state index in [0.717, 1.165) is 25.5 Å². The molecule has 0 radical (unpaired) electrons. The van der Waals surface area contributed by atoms with Gasteiger partial charge in [0.25, 0.3) is 5.56 Å². The molecule has 1 saturated carbocycles. The molecule has 2 N–H and O–H groups in total. The molecule has 4 atom stereocenters. The van der Waals surface area contributed by atoms with Gasteiger partial charge in [0.1, 0.15) is 17.7 Å². The number of nitrogens with one attached hydrogen (secondary N) is 2. The van der Waals surface area contributed by atoms with Crippen LogP contribution in [0, 0.1) is 17.2 Å². The summed E-state index contributed by atoms with van der Waals surface area (Å²) in [5, 5.41) is 14.2. The highest BCUT2D eigenvalue weighted by molar-refractivity contribution is 7.90. The van der Waals surface area contributed by atoms with Crippen molar-refractivity contribution in [3.8, 4) is 6.07 Å². The Labute approximate surface area is 232 Å². The molecule has 0 spiro atoms. The molecule has 2 aromatic carbocycles. The molecule has 40 heavy (non-hydrogen) atoms. The van der Waals surface area contributed by atoms with E-state index in [2.05, 4.69) is 16.4 Å². The first-order chi connectivity index (χ1) is 18.7. The molecule has 5 rings (SSSR count). The Balaban J connectivity index is 1.38. The Kier molecular flexibility index (Phi) is 6.86. The maximum atomic E-state index is 13.4. The average molecular weight is 565 g/mol. The summed E-state index contributed by atoms with van der Waals surface area (Å²) < 4.78 is 29.7. The van der Waals surface area contributed by atoms with Crippen LogP contribution >= 0.6 is 0 Å². The number of sulfone groups is 1. The topological polar surface area (TPSA) is 149 Å². The zero-order valence-corrected chi connectivity index (χ0v) is 23.7. The van der Waals surface area contributed by atoms with E-state index in [9.17, 15) is 28.1 Å². The number of rotatable bonds is 5. The predicted molar refractivity (Wildman–Crippen MR) is 149 cm³/mol. The highest BCUT2D eigenvalue weighted by atomic mass is 32.2. The number of aromatic amines is 1. The Bertz CT molecular complexity index is 1730. The van der Waals surface area contributed by atoms with E-state index in [0.29, 0.717) is 27.2 Å². The Morgan fingerprint density at radius 3 is 2.58 bits per heavy atom. The largest absolute Gasteiger partial charge is 0.444 e. The van der Waals surface area contributed by atoms with E-state index in [1.807, 2.05) is 0 Å². The fourth-order valence-electron chi connectivity index (χ4n) is 5.94. The van der Waals surface area contributed by atoms with Crippen LogP contribution in [-0.2, 0) is 25.8 Å². The number of H-pyrrole nitrogens is 1. The molecular formula is C29H32N4O6S. The lowest BCUT2D eigenvalue weighted by molar-refractivity contribution is -0.128. The average Bonchev–Trinajstić information content (AvgIpc) is 3.49. The number of ether oxygens (including phenoxy) is 1. The third-order valence-corrected chi connectivity index (χ3v) is 8.77. The van der Waals surface area contributed by atoms with E-state index in [-0.39, 0.29) is 34.7 Å². The number of carbonyl (C=O) groups is 2. The summed E-state index contributed by atoms with van der Waals surface area (Å²) in [4.78, 5) is 43.6. The Hall–Kier alpha value is -3.91. The molecule has 2 heterocycles. The van der Waals surface area contributed by atoms with Crippen LogP contribution < -0.4 is 10.9 Å². The second kappa shape index (κ2) is 9.93. The van der Waals surface area contributed by atoms with E-state index in [1.54, 1.807) is 45.0 Å². The van der Waals surface area contributed by atoms with Crippen molar-refractivity contribution in [2.24, 2.45) is 5.92 Å². The first-order valence-electron chi connectivity index (χ1n) is 13.3. The minimum Gasteiger partial charge on any atom is -0.444 e. The van der Waals surface area contributed by atoms with E-state index in [4.69, 9.17) is 4.74 Å². The summed E-state index contributed by atoms with van der Waals surface area (Å²) in [7, 11) is -3.44. The van der Waals surface area contributed by atoms with Gasteiger partial charge in [-0.1, -0.05) is 12.1 Å². The normalized spacial score (nSPS) is 21.4. The van der Waals surface area contributed by atoms with Crippen molar-refractivity contribution >= 4 is 43.5 Å². The zero-order chi connectivity index (χ0) is 29.0. The summed E-state index contributed by atoms with van der Waals surface area (Å²) in [6.07, 6.45) is 3.14. The number of benzene rings is 2. The molecular weight excluding hydrogens is 532 g/mol. The Morgan fingerprint density at radius 1 is 1.15 bits per heavy atom. The quantitative estimate of drug-likeness (QED) is 0.451. The highest BCUT2D eigenvalue weighted by Crippen LogP contribution is 2.43. The molecule has 2 aliphatic rings. The number of nitriles is 1. The molecule has 1 aliphatic carbocycles. The molecule has 2 fully saturated rings. The Morgan fingerprint density at radius 2 is 1.90 bits per heavy atom. The summed E-state index contributed by atoms with van der Waals surface area (Å²) in [6, 6.07) is 10.2. The fourth-order valence-corrected chi connectivity index (χ4v) is 6.59. The van der Waals surface area contributed by atoms with Gasteiger partial charge < -0.3 is 15.0 Å². The van der Waals surface area contributed by atoms with Crippen molar-refractivity contribution in [3.63, 3.8) is 0 Å². The maximum absolute atomic E-state index is 13.4. The molecule has 2 bridgehead atoms. The van der Waals surface area contributed by atoms with Gasteiger partial charge in [-0.2, -0.15) is 5.26 Å². The van der Waals surface area contributed by atoms with Crippen molar-refractivity contribution in [1.82, 2.24) is 15.2 Å². The molecule has 11 heteroatoms. The number of pyridine rings is 1. The van der Waals surface area contributed by atoms with Gasteiger partial charge in [-0.3, -0.25) is 14.5 Å². The van der Waals surface area contributed by atoms with Crippen LogP contribution in [0.4, 0.5) is 4.79 Å². The lowest BCUT2D eigenvalue weighted by atomic mass is 9.97. The number of carbonyl (C=O) groups excluding carboxylic acids is 2. The van der Waals surface area contributed by atoms with Crippen molar-refractivity contribution in [1.29, 1.82) is 5.26 Å². The summed E-state index contributed by atoms with van der Waals surface area (Å²) in [6.45, 7) is 5.34. The monoisotopic (exact) mass is 564 g/mol. The van der Waals surface area contributed by atoms with Gasteiger partial charge in [0.2, 0.25) is 5.91 Å². The van der Waals surface area contributed by atoms with Gasteiger partial charge in [-0.25, -0.2) is 13.2 Å². The highest BCUT2D eigenvalue weighted by Gasteiger charge is 2.52. The molecule has 1 aliphatic heterocycles. The predicted octanol–water partition coefficient (Wildman–Crippen LogP) is 3.42. The van der Waals surface area contributed by atoms with Crippen molar-refractivity contribution < 1.29 is 22.7 Å². The molecule has 1 aromatic heterocycles. The summed E-state index contributed by atoms with van der Waals surface area (Å²) >= 11 is 0. The summed E-state index contributed by atoms with van der Waals surface area (Å²) in [5.74, 6) is -0.372. The lowest BCUT2D eigenvalue weighted by Crippen LogP contribution is -2.55.